The van der Waals surface area contributed by atoms with Crippen molar-refractivity contribution in [3.8, 4) is 0 Å². The number of nitrogens with zero attached hydrogens (tertiary/aromatic N) is 3. The summed E-state index contributed by atoms with van der Waals surface area (Å²) >= 11 is 0. The molecule has 0 aliphatic carbocycles. The second kappa shape index (κ2) is 8.10. The first-order chi connectivity index (χ1) is 12.5. The second-order valence-electron chi connectivity index (χ2n) is 6.87. The van der Waals surface area contributed by atoms with Gasteiger partial charge in [0.25, 0.3) is 5.69 Å². The normalized spacial score (nSPS) is 15.5. The van der Waals surface area contributed by atoms with Gasteiger partial charge >= 0.3 is 0 Å². The lowest BCUT2D eigenvalue weighted by molar-refractivity contribution is -0.918. The van der Waals surface area contributed by atoms with Crippen molar-refractivity contribution >= 4 is 11.9 Å². The van der Waals surface area contributed by atoms with Crippen molar-refractivity contribution in [2.75, 3.05) is 26.2 Å². The average molecular weight is 353 g/mol. The number of hydrogen-bond donors (Lipinski definition) is 1. The molecule has 26 heavy (non-hydrogen) atoms. The SMILES string of the molecule is Cc1ccc(C[NH+]2CCN(N=Cc3ccccc3[N+](=O)[O-])CC2)c(C)c1. The summed E-state index contributed by atoms with van der Waals surface area (Å²) < 4.78 is 0. The predicted octanol–water partition coefficient (Wildman–Crippen LogP) is 1.95. The number of benzene rings is 2. The van der Waals surface area contributed by atoms with E-state index in [2.05, 4.69) is 37.1 Å². The minimum absolute atomic E-state index is 0.0929. The molecule has 1 aliphatic heterocycles. The molecule has 1 aliphatic rings. The number of hydrogen-bond acceptors (Lipinski definition) is 4. The van der Waals surface area contributed by atoms with Gasteiger partial charge in [-0.05, 0) is 25.5 Å². The maximum atomic E-state index is 11.1. The topological polar surface area (TPSA) is 63.2 Å². The van der Waals surface area contributed by atoms with Gasteiger partial charge in [0.05, 0.1) is 42.9 Å². The molecule has 0 atom stereocenters. The van der Waals surface area contributed by atoms with Gasteiger partial charge in [-0.2, -0.15) is 5.10 Å². The quantitative estimate of drug-likeness (QED) is 0.508. The van der Waals surface area contributed by atoms with E-state index in [0.717, 1.165) is 32.7 Å². The van der Waals surface area contributed by atoms with Gasteiger partial charge < -0.3 is 4.90 Å². The van der Waals surface area contributed by atoms with Crippen molar-refractivity contribution in [3.63, 3.8) is 0 Å². The van der Waals surface area contributed by atoms with Crippen molar-refractivity contribution in [1.82, 2.24) is 5.01 Å². The Balaban J connectivity index is 1.56. The number of piperazine rings is 1. The second-order valence-corrected chi connectivity index (χ2v) is 6.87. The van der Waals surface area contributed by atoms with Crippen LogP contribution in [0.5, 0.6) is 0 Å². The van der Waals surface area contributed by atoms with Gasteiger partial charge in [-0.25, -0.2) is 0 Å². The summed E-state index contributed by atoms with van der Waals surface area (Å²) in [4.78, 5) is 12.2. The van der Waals surface area contributed by atoms with E-state index in [1.54, 1.807) is 29.3 Å². The molecule has 1 N–H and O–H groups in total. The van der Waals surface area contributed by atoms with Crippen molar-refractivity contribution in [2.24, 2.45) is 5.10 Å². The van der Waals surface area contributed by atoms with E-state index in [4.69, 9.17) is 0 Å². The number of rotatable bonds is 5. The third kappa shape index (κ3) is 4.46. The minimum atomic E-state index is -0.368. The molecular formula is C20H25N4O2+. The first kappa shape index (κ1) is 18.1. The monoisotopic (exact) mass is 353 g/mol. The highest BCUT2D eigenvalue weighted by molar-refractivity contribution is 5.84. The molecule has 0 saturated carbocycles. The highest BCUT2D eigenvalue weighted by atomic mass is 16.6. The van der Waals surface area contributed by atoms with E-state index in [-0.39, 0.29) is 10.6 Å². The van der Waals surface area contributed by atoms with Crippen LogP contribution in [-0.4, -0.2) is 42.3 Å². The maximum absolute atomic E-state index is 11.1. The lowest BCUT2D eigenvalue weighted by atomic mass is 10.1. The number of aryl methyl sites for hydroxylation is 2. The summed E-state index contributed by atoms with van der Waals surface area (Å²) in [6, 6.07) is 13.3. The van der Waals surface area contributed by atoms with Crippen molar-refractivity contribution in [1.29, 1.82) is 0 Å². The fourth-order valence-corrected chi connectivity index (χ4v) is 3.32. The molecule has 2 aromatic rings. The smallest absolute Gasteiger partial charge is 0.278 e. The van der Waals surface area contributed by atoms with Gasteiger partial charge in [0, 0.05) is 11.6 Å². The summed E-state index contributed by atoms with van der Waals surface area (Å²) in [6.45, 7) is 9.08. The minimum Gasteiger partial charge on any atom is -0.328 e. The highest BCUT2D eigenvalue weighted by Crippen LogP contribution is 2.15. The Morgan fingerprint density at radius 1 is 1.19 bits per heavy atom. The number of nitro groups is 1. The number of nitro benzene ring substituents is 1. The Hall–Kier alpha value is -2.73. The van der Waals surface area contributed by atoms with Crippen LogP contribution in [0.2, 0.25) is 0 Å². The van der Waals surface area contributed by atoms with E-state index in [1.807, 2.05) is 5.01 Å². The molecule has 0 amide bonds. The van der Waals surface area contributed by atoms with Crippen molar-refractivity contribution in [2.45, 2.75) is 20.4 Å². The van der Waals surface area contributed by atoms with Crippen molar-refractivity contribution in [3.05, 3.63) is 74.8 Å². The fourth-order valence-electron chi connectivity index (χ4n) is 3.32. The maximum Gasteiger partial charge on any atom is 0.278 e. The van der Waals surface area contributed by atoms with Gasteiger partial charge in [-0.1, -0.05) is 35.9 Å². The molecule has 6 heteroatoms. The van der Waals surface area contributed by atoms with Crippen molar-refractivity contribution < 1.29 is 9.82 Å². The Kier molecular flexibility index (Phi) is 5.63. The van der Waals surface area contributed by atoms with Crippen LogP contribution >= 0.6 is 0 Å². The zero-order valence-electron chi connectivity index (χ0n) is 15.3. The molecule has 6 nitrogen and oxygen atoms in total. The molecule has 2 aromatic carbocycles. The lowest BCUT2D eigenvalue weighted by Crippen LogP contribution is -3.13. The largest absolute Gasteiger partial charge is 0.328 e. The zero-order valence-corrected chi connectivity index (χ0v) is 15.3. The van der Waals surface area contributed by atoms with Crippen LogP contribution < -0.4 is 4.90 Å². The van der Waals surface area contributed by atoms with Gasteiger partial charge in [0.1, 0.15) is 6.54 Å². The molecule has 1 heterocycles. The molecule has 136 valence electrons. The number of quaternary nitrogens is 1. The van der Waals surface area contributed by atoms with Crippen LogP contribution in [0.25, 0.3) is 0 Å². The van der Waals surface area contributed by atoms with Crippen LogP contribution in [0.1, 0.15) is 22.3 Å². The van der Waals surface area contributed by atoms with Crippen LogP contribution in [0.15, 0.2) is 47.6 Å². The summed E-state index contributed by atoms with van der Waals surface area (Å²) in [5, 5.41) is 17.5. The molecule has 0 unspecified atom stereocenters. The number of nitrogens with one attached hydrogen (secondary N) is 1. The van der Waals surface area contributed by atoms with Crippen LogP contribution in [0.4, 0.5) is 5.69 Å². The molecule has 1 saturated heterocycles. The summed E-state index contributed by atoms with van der Waals surface area (Å²) in [7, 11) is 0. The Morgan fingerprint density at radius 2 is 1.92 bits per heavy atom. The Morgan fingerprint density at radius 3 is 2.62 bits per heavy atom. The standard InChI is InChI=1S/C20H24N4O2/c1-16-7-8-19(17(2)13-16)15-22-9-11-23(12-10-22)21-14-18-5-3-4-6-20(18)24(25)26/h3-8,13-14H,9-12,15H2,1-2H3/p+1. The third-order valence-electron chi connectivity index (χ3n) is 4.88. The lowest BCUT2D eigenvalue weighted by Gasteiger charge is -2.30. The van der Waals surface area contributed by atoms with E-state index in [1.165, 1.54) is 22.8 Å². The molecule has 0 radical (unpaired) electrons. The fraction of sp³-hybridized carbons (Fsp3) is 0.350. The zero-order chi connectivity index (χ0) is 18.5. The molecule has 0 spiro atoms. The predicted molar refractivity (Wildman–Crippen MR) is 103 cm³/mol. The van der Waals surface area contributed by atoms with Gasteiger partial charge in [-0.3, -0.25) is 15.1 Å². The molecule has 0 bridgehead atoms. The van der Waals surface area contributed by atoms with Crippen LogP contribution in [0, 0.1) is 24.0 Å². The number of hydrazone groups is 1. The Labute approximate surface area is 153 Å². The Bertz CT molecular complexity index is 811. The van der Waals surface area contributed by atoms with Crippen LogP contribution in [0.3, 0.4) is 0 Å². The van der Waals surface area contributed by atoms with E-state index in [0.29, 0.717) is 5.56 Å². The van der Waals surface area contributed by atoms with Gasteiger partial charge in [-0.15, -0.1) is 0 Å². The molecule has 0 aromatic heterocycles. The average Bonchev–Trinajstić information content (AvgIpc) is 2.63. The molecular weight excluding hydrogens is 328 g/mol. The highest BCUT2D eigenvalue weighted by Gasteiger charge is 2.19. The summed E-state index contributed by atoms with van der Waals surface area (Å²) in [5.74, 6) is 0. The number of para-hydroxylation sites is 1. The molecule has 1 fully saturated rings. The first-order valence-electron chi connectivity index (χ1n) is 8.95. The van der Waals surface area contributed by atoms with E-state index in [9.17, 15) is 10.1 Å². The summed E-state index contributed by atoms with van der Waals surface area (Å²) in [6.07, 6.45) is 1.60. The van der Waals surface area contributed by atoms with E-state index < -0.39 is 0 Å². The third-order valence-corrected chi connectivity index (χ3v) is 4.88. The van der Waals surface area contributed by atoms with Gasteiger partial charge in [0.2, 0.25) is 0 Å². The summed E-state index contributed by atoms with van der Waals surface area (Å²) in [5.41, 5.74) is 4.70. The first-order valence-corrected chi connectivity index (χ1v) is 8.95. The van der Waals surface area contributed by atoms with E-state index >= 15 is 0 Å². The van der Waals surface area contributed by atoms with Crippen LogP contribution in [-0.2, 0) is 6.54 Å². The van der Waals surface area contributed by atoms with Gasteiger partial charge in [0.15, 0.2) is 0 Å². The molecule has 3 rings (SSSR count).